The van der Waals surface area contributed by atoms with E-state index in [2.05, 4.69) is 25.8 Å². The summed E-state index contributed by atoms with van der Waals surface area (Å²) < 4.78 is 2.04. The summed E-state index contributed by atoms with van der Waals surface area (Å²) in [5.41, 5.74) is 0.992. The molecule has 24 heavy (non-hydrogen) atoms. The van der Waals surface area contributed by atoms with Crippen molar-refractivity contribution in [2.75, 3.05) is 36.4 Å². The average molecular weight is 412 g/mol. The zero-order valence-corrected chi connectivity index (χ0v) is 15.7. The molecule has 2 heterocycles. The van der Waals surface area contributed by atoms with Crippen LogP contribution in [0.15, 0.2) is 36.7 Å². The molecule has 1 aliphatic rings. The molecule has 7 heteroatoms. The van der Waals surface area contributed by atoms with Gasteiger partial charge in [0.05, 0.1) is 0 Å². The topological polar surface area (TPSA) is 41.4 Å². The number of halogens is 2. The highest BCUT2D eigenvalue weighted by atomic mass is 79.9. The Morgan fingerprint density at radius 3 is 2.75 bits per heavy atom. The van der Waals surface area contributed by atoms with Crippen molar-refractivity contribution < 1.29 is 4.79 Å². The first-order valence-electron chi connectivity index (χ1n) is 8.07. The van der Waals surface area contributed by atoms with Gasteiger partial charge in [0.1, 0.15) is 0 Å². The minimum absolute atomic E-state index is 0.243. The van der Waals surface area contributed by atoms with Gasteiger partial charge in [-0.05, 0) is 24.6 Å². The molecule has 1 aromatic heterocycles. The van der Waals surface area contributed by atoms with Gasteiger partial charge in [-0.1, -0.05) is 33.6 Å². The molecule has 1 aromatic carbocycles. The molecule has 3 rings (SSSR count). The minimum atomic E-state index is 0.243. The highest BCUT2D eigenvalue weighted by Gasteiger charge is 2.23. The molecule has 128 valence electrons. The minimum Gasteiger partial charge on any atom is -0.339 e. The van der Waals surface area contributed by atoms with E-state index in [1.54, 1.807) is 6.20 Å². The summed E-state index contributed by atoms with van der Waals surface area (Å²) in [6, 6.07) is 7.73. The second kappa shape index (κ2) is 8.03. The zero-order chi connectivity index (χ0) is 16.9. The summed E-state index contributed by atoms with van der Waals surface area (Å²) in [5, 5.41) is 1.57. The highest BCUT2D eigenvalue weighted by Crippen LogP contribution is 2.22. The lowest BCUT2D eigenvalue weighted by molar-refractivity contribution is -0.131. The van der Waals surface area contributed by atoms with Crippen molar-refractivity contribution in [1.29, 1.82) is 0 Å². The van der Waals surface area contributed by atoms with Gasteiger partial charge >= 0.3 is 0 Å². The average Bonchev–Trinajstić information content (AvgIpc) is 3.09. The van der Waals surface area contributed by atoms with Crippen molar-refractivity contribution in [3.05, 3.63) is 41.7 Å². The van der Waals surface area contributed by atoms with Crippen molar-refractivity contribution in [2.24, 2.45) is 0 Å². The molecule has 0 bridgehead atoms. The normalized spacial score (nSPS) is 14.9. The van der Waals surface area contributed by atoms with Gasteiger partial charge in [-0.25, -0.2) is 4.98 Å². The predicted octanol–water partition coefficient (Wildman–Crippen LogP) is 3.35. The Kier molecular flexibility index (Phi) is 5.79. The van der Waals surface area contributed by atoms with Crippen LogP contribution in [0.25, 0.3) is 5.69 Å². The molecule has 1 fully saturated rings. The van der Waals surface area contributed by atoms with E-state index in [1.807, 2.05) is 39.9 Å². The van der Waals surface area contributed by atoms with Gasteiger partial charge in [0.2, 0.25) is 11.9 Å². The van der Waals surface area contributed by atoms with Crippen molar-refractivity contribution in [2.45, 2.75) is 12.8 Å². The van der Waals surface area contributed by atoms with E-state index >= 15 is 0 Å². The summed E-state index contributed by atoms with van der Waals surface area (Å²) in [6.07, 6.45) is 5.24. The van der Waals surface area contributed by atoms with E-state index in [9.17, 15) is 4.79 Å². The summed E-state index contributed by atoms with van der Waals surface area (Å²) in [6.45, 7) is 3.06. The third-order valence-electron chi connectivity index (χ3n) is 4.15. The number of carbonyl (C=O) groups excluding carboxylic acids is 1. The Morgan fingerprint density at radius 1 is 1.25 bits per heavy atom. The number of rotatable bonds is 5. The summed E-state index contributed by atoms with van der Waals surface area (Å²) in [7, 11) is 0. The number of anilines is 1. The Hall–Kier alpha value is -1.53. The number of nitrogens with zero attached hydrogens (tertiary/aromatic N) is 4. The molecule has 2 aromatic rings. The second-order valence-corrected chi connectivity index (χ2v) is 6.97. The standard InChI is InChI=1S/C17H20BrClN4O/c18-6-2-5-16(24)21-9-11-22(12-10-21)17-20-7-8-23(17)15-4-1-3-14(19)13-15/h1,3-4,7-8,13H,2,5-6,9-12H2. The molecule has 1 saturated heterocycles. The van der Waals surface area contributed by atoms with Crippen LogP contribution in [-0.2, 0) is 4.79 Å². The van der Waals surface area contributed by atoms with Crippen LogP contribution in [0.4, 0.5) is 5.95 Å². The van der Waals surface area contributed by atoms with E-state index in [0.717, 1.165) is 49.6 Å². The number of aromatic nitrogens is 2. The van der Waals surface area contributed by atoms with Crippen LogP contribution in [0.5, 0.6) is 0 Å². The van der Waals surface area contributed by atoms with Gasteiger partial charge in [0.25, 0.3) is 0 Å². The fourth-order valence-electron chi connectivity index (χ4n) is 2.89. The molecule has 0 aliphatic carbocycles. The molecule has 1 aliphatic heterocycles. The van der Waals surface area contributed by atoms with Gasteiger partial charge in [-0.2, -0.15) is 0 Å². The number of amides is 1. The van der Waals surface area contributed by atoms with Crippen molar-refractivity contribution in [3.63, 3.8) is 0 Å². The molecule has 5 nitrogen and oxygen atoms in total. The van der Waals surface area contributed by atoms with Gasteiger partial charge in [0.15, 0.2) is 0 Å². The van der Waals surface area contributed by atoms with Crippen molar-refractivity contribution in [3.8, 4) is 5.69 Å². The largest absolute Gasteiger partial charge is 0.339 e. The lowest BCUT2D eigenvalue weighted by Crippen LogP contribution is -2.49. The van der Waals surface area contributed by atoms with E-state index in [4.69, 9.17) is 11.6 Å². The number of carbonyl (C=O) groups is 1. The fourth-order valence-corrected chi connectivity index (χ4v) is 3.35. The van der Waals surface area contributed by atoms with E-state index in [-0.39, 0.29) is 5.91 Å². The molecule has 1 amide bonds. The van der Waals surface area contributed by atoms with Crippen LogP contribution < -0.4 is 4.90 Å². The highest BCUT2D eigenvalue weighted by molar-refractivity contribution is 9.09. The fraction of sp³-hybridized carbons (Fsp3) is 0.412. The first-order chi connectivity index (χ1) is 11.7. The predicted molar refractivity (Wildman–Crippen MR) is 100 cm³/mol. The van der Waals surface area contributed by atoms with Crippen molar-refractivity contribution in [1.82, 2.24) is 14.5 Å². The molecule has 0 unspecified atom stereocenters. The molecular weight excluding hydrogens is 392 g/mol. The Labute approximate surface area is 155 Å². The van der Waals surface area contributed by atoms with Crippen LogP contribution in [0.1, 0.15) is 12.8 Å². The van der Waals surface area contributed by atoms with Gasteiger partial charge in [-0.15, -0.1) is 0 Å². The van der Waals surface area contributed by atoms with Gasteiger partial charge < -0.3 is 9.80 Å². The number of piperazine rings is 1. The van der Waals surface area contributed by atoms with Crippen LogP contribution in [0, 0.1) is 0 Å². The molecular formula is C17H20BrClN4O. The Bertz CT molecular complexity index is 697. The van der Waals surface area contributed by atoms with Crippen LogP contribution >= 0.6 is 27.5 Å². The van der Waals surface area contributed by atoms with E-state index in [0.29, 0.717) is 11.4 Å². The number of benzene rings is 1. The third-order valence-corrected chi connectivity index (χ3v) is 4.94. The smallest absolute Gasteiger partial charge is 0.222 e. The van der Waals surface area contributed by atoms with Gasteiger partial charge in [0, 0.05) is 61.0 Å². The molecule has 0 saturated carbocycles. The number of hydrogen-bond acceptors (Lipinski definition) is 3. The maximum atomic E-state index is 12.1. The van der Waals surface area contributed by atoms with Crippen LogP contribution in [-0.4, -0.2) is 51.9 Å². The van der Waals surface area contributed by atoms with Crippen LogP contribution in [0.2, 0.25) is 5.02 Å². The van der Waals surface area contributed by atoms with Crippen LogP contribution in [0.3, 0.4) is 0 Å². The van der Waals surface area contributed by atoms with E-state index < -0.39 is 0 Å². The number of alkyl halides is 1. The lowest BCUT2D eigenvalue weighted by atomic mass is 10.2. The Morgan fingerprint density at radius 2 is 2.04 bits per heavy atom. The molecule has 0 N–H and O–H groups in total. The first-order valence-corrected chi connectivity index (χ1v) is 9.57. The molecule has 0 atom stereocenters. The first kappa shape index (κ1) is 17.3. The lowest BCUT2D eigenvalue weighted by Gasteiger charge is -2.35. The summed E-state index contributed by atoms with van der Waals surface area (Å²) >= 11 is 9.47. The molecule has 0 radical (unpaired) electrons. The third kappa shape index (κ3) is 3.92. The Balaban J connectivity index is 1.68. The maximum Gasteiger partial charge on any atom is 0.222 e. The SMILES string of the molecule is O=C(CCCBr)N1CCN(c2nccn2-c2cccc(Cl)c2)CC1. The van der Waals surface area contributed by atoms with Gasteiger partial charge in [-0.3, -0.25) is 9.36 Å². The zero-order valence-electron chi connectivity index (χ0n) is 13.4. The van der Waals surface area contributed by atoms with E-state index in [1.165, 1.54) is 0 Å². The monoisotopic (exact) mass is 410 g/mol. The molecule has 0 spiro atoms. The summed E-state index contributed by atoms with van der Waals surface area (Å²) in [5.74, 6) is 1.14. The summed E-state index contributed by atoms with van der Waals surface area (Å²) in [4.78, 5) is 20.8. The maximum absolute atomic E-state index is 12.1. The second-order valence-electron chi connectivity index (χ2n) is 5.74. The van der Waals surface area contributed by atoms with Crippen molar-refractivity contribution >= 4 is 39.4 Å². The quantitative estimate of drug-likeness (QED) is 0.709. The number of imidazole rings is 1. The number of hydrogen-bond donors (Lipinski definition) is 0.